The Kier molecular flexibility index (Phi) is 5.26. The number of pyridine rings is 1. The zero-order valence-corrected chi connectivity index (χ0v) is 10.5. The molecule has 0 saturated carbocycles. The first-order chi connectivity index (χ1) is 8.17. The lowest BCUT2D eigenvalue weighted by molar-refractivity contribution is -0.140. The van der Waals surface area contributed by atoms with Crippen LogP contribution in [-0.2, 0) is 9.53 Å². The van der Waals surface area contributed by atoms with Gasteiger partial charge in [0.25, 0.3) is 0 Å². The summed E-state index contributed by atoms with van der Waals surface area (Å²) in [5.74, 6) is 1.41. The highest BCUT2D eigenvalue weighted by Gasteiger charge is 2.05. The quantitative estimate of drug-likeness (QED) is 0.703. The summed E-state index contributed by atoms with van der Waals surface area (Å²) in [6, 6.07) is 3.75. The standard InChI is InChI=1S/C12H18N2O3/c1-14(8-4-5-12(15)17-3)11-7-6-10(16-2)9-13-11/h6-7,9H,4-5,8H2,1-3H3. The Hall–Kier alpha value is -1.78. The van der Waals surface area contributed by atoms with Gasteiger partial charge < -0.3 is 14.4 Å². The molecule has 1 heterocycles. The van der Waals surface area contributed by atoms with Gasteiger partial charge in [0.05, 0.1) is 20.4 Å². The maximum atomic E-state index is 10.9. The number of anilines is 1. The first kappa shape index (κ1) is 13.3. The summed E-state index contributed by atoms with van der Waals surface area (Å²) in [5.41, 5.74) is 0. The van der Waals surface area contributed by atoms with Gasteiger partial charge in [0.15, 0.2) is 0 Å². The van der Waals surface area contributed by atoms with Gasteiger partial charge in [-0.1, -0.05) is 0 Å². The molecule has 0 aromatic carbocycles. The summed E-state index contributed by atoms with van der Waals surface area (Å²) in [6.07, 6.45) is 2.85. The lowest BCUT2D eigenvalue weighted by Crippen LogP contribution is -2.20. The molecule has 0 unspecified atom stereocenters. The number of carbonyl (C=O) groups is 1. The van der Waals surface area contributed by atoms with E-state index in [0.29, 0.717) is 6.42 Å². The van der Waals surface area contributed by atoms with Crippen molar-refractivity contribution in [3.63, 3.8) is 0 Å². The van der Waals surface area contributed by atoms with Gasteiger partial charge in [-0.25, -0.2) is 4.98 Å². The Balaban J connectivity index is 2.40. The number of methoxy groups -OCH3 is 2. The van der Waals surface area contributed by atoms with Crippen LogP contribution in [0.1, 0.15) is 12.8 Å². The Labute approximate surface area is 101 Å². The van der Waals surface area contributed by atoms with Gasteiger partial charge in [0.2, 0.25) is 0 Å². The molecule has 94 valence electrons. The van der Waals surface area contributed by atoms with Crippen molar-refractivity contribution in [3.05, 3.63) is 18.3 Å². The molecule has 1 rings (SSSR count). The molecular formula is C12H18N2O3. The third-order valence-electron chi connectivity index (χ3n) is 2.45. The summed E-state index contributed by atoms with van der Waals surface area (Å²) >= 11 is 0. The van der Waals surface area contributed by atoms with E-state index in [1.54, 1.807) is 13.3 Å². The van der Waals surface area contributed by atoms with Crippen LogP contribution in [0, 0.1) is 0 Å². The Morgan fingerprint density at radius 2 is 2.18 bits per heavy atom. The van der Waals surface area contributed by atoms with Crippen molar-refractivity contribution >= 4 is 11.8 Å². The highest BCUT2D eigenvalue weighted by Crippen LogP contribution is 2.14. The summed E-state index contributed by atoms with van der Waals surface area (Å²) < 4.78 is 9.61. The fourth-order valence-corrected chi connectivity index (χ4v) is 1.40. The molecule has 0 amide bonds. The molecule has 17 heavy (non-hydrogen) atoms. The number of rotatable bonds is 6. The Morgan fingerprint density at radius 1 is 1.41 bits per heavy atom. The fourth-order valence-electron chi connectivity index (χ4n) is 1.40. The number of hydrogen-bond donors (Lipinski definition) is 0. The van der Waals surface area contributed by atoms with E-state index < -0.39 is 0 Å². The molecule has 0 radical (unpaired) electrons. The first-order valence-corrected chi connectivity index (χ1v) is 5.45. The molecule has 0 N–H and O–H groups in total. The molecule has 5 heteroatoms. The molecule has 0 bridgehead atoms. The number of hydrogen-bond acceptors (Lipinski definition) is 5. The largest absolute Gasteiger partial charge is 0.495 e. The average Bonchev–Trinajstić information content (AvgIpc) is 2.38. The maximum absolute atomic E-state index is 10.9. The topological polar surface area (TPSA) is 51.7 Å². The van der Waals surface area contributed by atoms with Gasteiger partial charge >= 0.3 is 5.97 Å². The second-order valence-corrected chi connectivity index (χ2v) is 3.66. The third kappa shape index (κ3) is 4.30. The van der Waals surface area contributed by atoms with E-state index in [2.05, 4.69) is 9.72 Å². The monoisotopic (exact) mass is 238 g/mol. The van der Waals surface area contributed by atoms with E-state index in [-0.39, 0.29) is 5.97 Å². The van der Waals surface area contributed by atoms with Gasteiger partial charge in [-0.15, -0.1) is 0 Å². The van der Waals surface area contributed by atoms with Crippen LogP contribution in [0.5, 0.6) is 5.75 Å². The van der Waals surface area contributed by atoms with Crippen molar-refractivity contribution in [1.29, 1.82) is 0 Å². The van der Waals surface area contributed by atoms with Crippen LogP contribution in [-0.4, -0.2) is 38.8 Å². The number of nitrogens with zero attached hydrogens (tertiary/aromatic N) is 2. The second-order valence-electron chi connectivity index (χ2n) is 3.66. The molecule has 1 aromatic heterocycles. The van der Waals surface area contributed by atoms with Crippen molar-refractivity contribution in [2.75, 3.05) is 32.7 Å². The van der Waals surface area contributed by atoms with Gasteiger partial charge in [0.1, 0.15) is 11.6 Å². The van der Waals surface area contributed by atoms with E-state index in [4.69, 9.17) is 4.74 Å². The summed E-state index contributed by atoms with van der Waals surface area (Å²) in [5, 5.41) is 0. The van der Waals surface area contributed by atoms with Crippen LogP contribution in [0.15, 0.2) is 18.3 Å². The molecule has 0 fully saturated rings. The number of aromatic nitrogens is 1. The lowest BCUT2D eigenvalue weighted by Gasteiger charge is -2.17. The lowest BCUT2D eigenvalue weighted by atomic mass is 10.3. The van der Waals surface area contributed by atoms with E-state index >= 15 is 0 Å². The van der Waals surface area contributed by atoms with Crippen molar-refractivity contribution in [3.8, 4) is 5.75 Å². The average molecular weight is 238 g/mol. The van der Waals surface area contributed by atoms with Crippen molar-refractivity contribution in [1.82, 2.24) is 4.98 Å². The minimum atomic E-state index is -0.180. The Morgan fingerprint density at radius 3 is 2.71 bits per heavy atom. The van der Waals surface area contributed by atoms with Crippen molar-refractivity contribution < 1.29 is 14.3 Å². The van der Waals surface area contributed by atoms with Gasteiger partial charge in [-0.3, -0.25) is 4.79 Å². The second kappa shape index (κ2) is 6.73. The van der Waals surface area contributed by atoms with E-state index in [0.717, 1.165) is 24.5 Å². The van der Waals surface area contributed by atoms with Gasteiger partial charge in [-0.2, -0.15) is 0 Å². The van der Waals surface area contributed by atoms with Gasteiger partial charge in [-0.05, 0) is 18.6 Å². The molecule has 5 nitrogen and oxygen atoms in total. The molecule has 1 aromatic rings. The van der Waals surface area contributed by atoms with Crippen LogP contribution in [0.25, 0.3) is 0 Å². The van der Waals surface area contributed by atoms with E-state index in [9.17, 15) is 4.79 Å². The fraction of sp³-hybridized carbons (Fsp3) is 0.500. The highest BCUT2D eigenvalue weighted by molar-refractivity contribution is 5.69. The number of carbonyl (C=O) groups excluding carboxylic acids is 1. The van der Waals surface area contributed by atoms with Crippen LogP contribution < -0.4 is 9.64 Å². The van der Waals surface area contributed by atoms with Crippen LogP contribution >= 0.6 is 0 Å². The summed E-state index contributed by atoms with van der Waals surface area (Å²) in [4.78, 5) is 17.2. The molecule has 0 aliphatic heterocycles. The maximum Gasteiger partial charge on any atom is 0.305 e. The first-order valence-electron chi connectivity index (χ1n) is 5.45. The normalized spacial score (nSPS) is 9.82. The van der Waals surface area contributed by atoms with Gasteiger partial charge in [0, 0.05) is 20.0 Å². The van der Waals surface area contributed by atoms with E-state index in [1.807, 2.05) is 24.1 Å². The molecular weight excluding hydrogens is 220 g/mol. The highest BCUT2D eigenvalue weighted by atomic mass is 16.5. The molecule has 0 aliphatic carbocycles. The van der Waals surface area contributed by atoms with Crippen LogP contribution in [0.2, 0.25) is 0 Å². The SMILES string of the molecule is COC(=O)CCCN(C)c1ccc(OC)cn1. The summed E-state index contributed by atoms with van der Waals surface area (Å²) in [7, 11) is 4.94. The number of ether oxygens (including phenoxy) is 2. The molecule has 0 aliphatic rings. The summed E-state index contributed by atoms with van der Waals surface area (Å²) in [6.45, 7) is 0.758. The zero-order chi connectivity index (χ0) is 12.7. The van der Waals surface area contributed by atoms with Crippen LogP contribution in [0.4, 0.5) is 5.82 Å². The molecule has 0 spiro atoms. The van der Waals surface area contributed by atoms with Crippen molar-refractivity contribution in [2.24, 2.45) is 0 Å². The molecule has 0 atom stereocenters. The predicted molar refractivity (Wildman–Crippen MR) is 65.3 cm³/mol. The smallest absolute Gasteiger partial charge is 0.305 e. The van der Waals surface area contributed by atoms with Crippen LogP contribution in [0.3, 0.4) is 0 Å². The molecule has 0 saturated heterocycles. The minimum Gasteiger partial charge on any atom is -0.495 e. The zero-order valence-electron chi connectivity index (χ0n) is 10.5. The minimum absolute atomic E-state index is 0.180. The van der Waals surface area contributed by atoms with E-state index in [1.165, 1.54) is 7.11 Å². The Bertz CT molecular complexity index is 351. The third-order valence-corrected chi connectivity index (χ3v) is 2.45. The number of esters is 1. The van der Waals surface area contributed by atoms with Crippen molar-refractivity contribution in [2.45, 2.75) is 12.8 Å². The predicted octanol–water partition coefficient (Wildman–Crippen LogP) is 1.48.